The van der Waals surface area contributed by atoms with Crippen molar-refractivity contribution in [3.63, 3.8) is 0 Å². The summed E-state index contributed by atoms with van der Waals surface area (Å²) < 4.78 is 12.1. The third-order valence-electron chi connectivity index (χ3n) is 6.29. The zero-order valence-corrected chi connectivity index (χ0v) is 17.3. The summed E-state index contributed by atoms with van der Waals surface area (Å²) in [4.78, 5) is 0. The molecule has 1 aliphatic carbocycles. The van der Waals surface area contributed by atoms with Gasteiger partial charge < -0.3 is 0 Å². The highest BCUT2D eigenvalue weighted by Crippen LogP contribution is 2.34. The highest BCUT2D eigenvalue weighted by atomic mass is 19.1. The van der Waals surface area contributed by atoms with Crippen molar-refractivity contribution >= 4 is 0 Å². The summed E-state index contributed by atoms with van der Waals surface area (Å²) in [6.07, 6.45) is 15.0. The molecule has 1 fully saturated rings. The van der Waals surface area contributed by atoms with Gasteiger partial charge in [0.25, 0.3) is 0 Å². The van der Waals surface area contributed by atoms with Gasteiger partial charge in [-0.25, -0.2) is 0 Å². The van der Waals surface area contributed by atoms with E-state index in [0.29, 0.717) is 12.0 Å². The topological polar surface area (TPSA) is 23.8 Å². The maximum Gasteiger partial charge on any atom is 0.0991 e. The molecule has 0 unspecified atom stereocenters. The smallest absolute Gasteiger partial charge is 0.0991 e. The van der Waals surface area contributed by atoms with E-state index in [2.05, 4.69) is 36.4 Å². The molecule has 2 aromatic carbocycles. The molecular weight excluding hydrogens is 357 g/mol. The second-order valence-electron chi connectivity index (χ2n) is 8.34. The van der Waals surface area contributed by atoms with Crippen molar-refractivity contribution in [3.05, 3.63) is 71.8 Å². The largest absolute Gasteiger partial charge is 0.251 e. The van der Waals surface area contributed by atoms with Crippen molar-refractivity contribution < 1.29 is 4.39 Å². The first-order valence-electron chi connectivity index (χ1n) is 11.1. The minimum Gasteiger partial charge on any atom is -0.251 e. The summed E-state index contributed by atoms with van der Waals surface area (Å²) in [5.41, 5.74) is 4.49. The lowest BCUT2D eigenvalue weighted by atomic mass is 9.78. The second-order valence-corrected chi connectivity index (χ2v) is 8.34. The fraction of sp³-hybridized carbons (Fsp3) is 0.444. The third kappa shape index (κ3) is 6.86. The Hall–Kier alpha value is -2.40. The molecule has 0 radical (unpaired) electrons. The highest BCUT2D eigenvalue weighted by Gasteiger charge is 2.20. The molecule has 2 heteroatoms. The average molecular weight is 390 g/mol. The molecule has 152 valence electrons. The van der Waals surface area contributed by atoms with E-state index in [1.54, 1.807) is 0 Å². The number of alkyl halides is 1. The fourth-order valence-electron chi connectivity index (χ4n) is 4.41. The monoisotopic (exact) mass is 389 g/mol. The van der Waals surface area contributed by atoms with Crippen LogP contribution in [0.4, 0.5) is 4.39 Å². The fourth-order valence-corrected chi connectivity index (χ4v) is 4.41. The molecule has 0 atom stereocenters. The van der Waals surface area contributed by atoms with E-state index in [9.17, 15) is 4.39 Å². The van der Waals surface area contributed by atoms with Crippen LogP contribution >= 0.6 is 0 Å². The Morgan fingerprint density at radius 1 is 0.793 bits per heavy atom. The molecule has 1 aliphatic rings. The molecule has 0 amide bonds. The van der Waals surface area contributed by atoms with Crippen LogP contribution in [0.5, 0.6) is 0 Å². The lowest BCUT2D eigenvalue weighted by molar-refractivity contribution is 0.254. The minimum absolute atomic E-state index is 0.236. The predicted molar refractivity (Wildman–Crippen MR) is 119 cm³/mol. The van der Waals surface area contributed by atoms with Crippen LogP contribution in [0.3, 0.4) is 0 Å². The number of aryl methyl sites for hydroxylation is 1. The Morgan fingerprint density at radius 3 is 1.93 bits per heavy atom. The number of rotatable bonds is 9. The molecule has 29 heavy (non-hydrogen) atoms. The molecule has 0 aliphatic heterocycles. The standard InChI is InChI=1S/C27H32FN/c28-20-4-2-1-3-5-22-6-8-23(9-7-22)10-11-24-12-16-26(17-13-24)27-18-14-25(21-29)15-19-27/h1-2,12-19,22-23H,3-11,20H2. The van der Waals surface area contributed by atoms with Crippen molar-refractivity contribution in [2.24, 2.45) is 11.8 Å². The first kappa shape index (κ1) is 21.3. The van der Waals surface area contributed by atoms with Crippen LogP contribution in [0.15, 0.2) is 60.7 Å². The van der Waals surface area contributed by atoms with E-state index in [0.717, 1.165) is 30.2 Å². The summed E-state index contributed by atoms with van der Waals surface area (Å²) >= 11 is 0. The average Bonchev–Trinajstić information content (AvgIpc) is 2.79. The van der Waals surface area contributed by atoms with Crippen molar-refractivity contribution in [1.82, 2.24) is 0 Å². The number of nitrogens with zero attached hydrogens (tertiary/aromatic N) is 1. The van der Waals surface area contributed by atoms with Crippen LogP contribution in [0, 0.1) is 23.2 Å². The number of nitriles is 1. The van der Waals surface area contributed by atoms with Gasteiger partial charge in [0.1, 0.15) is 0 Å². The van der Waals surface area contributed by atoms with Crippen LogP contribution in [0.2, 0.25) is 0 Å². The van der Waals surface area contributed by atoms with Crippen molar-refractivity contribution in [2.75, 3.05) is 6.67 Å². The molecule has 0 heterocycles. The molecule has 0 spiro atoms. The Kier molecular flexibility index (Phi) is 8.50. The minimum atomic E-state index is -0.236. The Balaban J connectivity index is 1.39. The van der Waals surface area contributed by atoms with Gasteiger partial charge in [-0.15, -0.1) is 0 Å². The lowest BCUT2D eigenvalue weighted by Crippen LogP contribution is -2.15. The van der Waals surface area contributed by atoms with Gasteiger partial charge >= 0.3 is 0 Å². The van der Waals surface area contributed by atoms with Gasteiger partial charge in [-0.2, -0.15) is 5.26 Å². The maximum absolute atomic E-state index is 12.1. The number of hydrogen-bond acceptors (Lipinski definition) is 1. The van der Waals surface area contributed by atoms with E-state index in [-0.39, 0.29) is 6.67 Å². The Morgan fingerprint density at radius 2 is 1.34 bits per heavy atom. The first-order chi connectivity index (χ1) is 14.3. The SMILES string of the molecule is N#Cc1ccc(-c2ccc(CCC3CCC(CCC=CCCF)CC3)cc2)cc1. The highest BCUT2D eigenvalue weighted by molar-refractivity contribution is 5.64. The molecule has 0 bridgehead atoms. The van der Waals surface area contributed by atoms with Crippen molar-refractivity contribution in [1.29, 1.82) is 5.26 Å². The zero-order valence-electron chi connectivity index (χ0n) is 17.3. The van der Waals surface area contributed by atoms with Gasteiger partial charge in [-0.05, 0) is 72.8 Å². The van der Waals surface area contributed by atoms with Crippen LogP contribution in [0.25, 0.3) is 11.1 Å². The molecule has 3 rings (SSSR count). The van der Waals surface area contributed by atoms with E-state index in [1.165, 1.54) is 49.7 Å². The normalized spacial score (nSPS) is 19.3. The van der Waals surface area contributed by atoms with Crippen LogP contribution in [-0.4, -0.2) is 6.67 Å². The molecular formula is C27H32FN. The number of hydrogen-bond donors (Lipinski definition) is 0. The van der Waals surface area contributed by atoms with Gasteiger partial charge in [0, 0.05) is 0 Å². The lowest BCUT2D eigenvalue weighted by Gasteiger charge is -2.28. The number of allylic oxidation sites excluding steroid dienone is 2. The Labute approximate surface area is 175 Å². The molecule has 2 aromatic rings. The number of benzene rings is 2. The quantitative estimate of drug-likeness (QED) is 0.404. The number of halogens is 1. The summed E-state index contributed by atoms with van der Waals surface area (Å²) in [5.74, 6) is 1.74. The molecule has 1 nitrogen and oxygen atoms in total. The third-order valence-corrected chi connectivity index (χ3v) is 6.29. The summed E-state index contributed by atoms with van der Waals surface area (Å²) in [5, 5.41) is 8.92. The van der Waals surface area contributed by atoms with E-state index < -0.39 is 0 Å². The molecule has 0 N–H and O–H groups in total. The van der Waals surface area contributed by atoms with E-state index >= 15 is 0 Å². The second kappa shape index (κ2) is 11.6. The summed E-state index contributed by atoms with van der Waals surface area (Å²) in [6.45, 7) is -0.236. The maximum atomic E-state index is 12.1. The summed E-state index contributed by atoms with van der Waals surface area (Å²) in [6, 6.07) is 18.9. The van der Waals surface area contributed by atoms with Crippen molar-refractivity contribution in [3.8, 4) is 17.2 Å². The first-order valence-corrected chi connectivity index (χ1v) is 11.1. The van der Waals surface area contributed by atoms with Gasteiger partial charge in [0.15, 0.2) is 0 Å². The van der Waals surface area contributed by atoms with Crippen LogP contribution < -0.4 is 0 Å². The van der Waals surface area contributed by atoms with Gasteiger partial charge in [0.05, 0.1) is 18.3 Å². The van der Waals surface area contributed by atoms with E-state index in [4.69, 9.17) is 5.26 Å². The van der Waals surface area contributed by atoms with Crippen LogP contribution in [-0.2, 0) is 6.42 Å². The van der Waals surface area contributed by atoms with Gasteiger partial charge in [0.2, 0.25) is 0 Å². The summed E-state index contributed by atoms with van der Waals surface area (Å²) in [7, 11) is 0. The predicted octanol–water partition coefficient (Wildman–Crippen LogP) is 7.66. The van der Waals surface area contributed by atoms with Gasteiger partial charge in [-0.3, -0.25) is 4.39 Å². The molecule has 0 saturated heterocycles. The van der Waals surface area contributed by atoms with Crippen molar-refractivity contribution in [2.45, 2.75) is 57.8 Å². The van der Waals surface area contributed by atoms with Crippen LogP contribution in [0.1, 0.15) is 62.5 Å². The zero-order chi connectivity index (χ0) is 20.3. The van der Waals surface area contributed by atoms with Gasteiger partial charge in [-0.1, -0.05) is 74.2 Å². The Bertz CT molecular complexity index is 790. The molecule has 1 saturated carbocycles. The molecule has 0 aromatic heterocycles. The van der Waals surface area contributed by atoms with E-state index in [1.807, 2.05) is 30.3 Å².